The topological polar surface area (TPSA) is 69.0 Å². The summed E-state index contributed by atoms with van der Waals surface area (Å²) in [6.07, 6.45) is 0.968. The molecule has 148 valence electrons. The first-order chi connectivity index (χ1) is 13.6. The molecule has 1 amide bonds. The van der Waals surface area contributed by atoms with E-state index in [4.69, 9.17) is 4.74 Å². The van der Waals surface area contributed by atoms with Crippen LogP contribution in [0.4, 0.5) is 5.69 Å². The van der Waals surface area contributed by atoms with Gasteiger partial charge in [0, 0.05) is 22.4 Å². The first-order valence-electron chi connectivity index (χ1n) is 9.25. The molecule has 2 heterocycles. The Morgan fingerprint density at radius 2 is 2.11 bits per heavy atom. The largest absolute Gasteiger partial charge is 0.492 e. The number of ether oxygens (including phenoxy) is 1. The fourth-order valence-corrected chi connectivity index (χ4v) is 4.21. The summed E-state index contributed by atoms with van der Waals surface area (Å²) in [4.78, 5) is 13.7. The standard InChI is InChI=1S/C20H24N4O2S2/c1-4-10-24-19(15-11-14(3)27-12-15)22-23-20(24)28-13-18(25)21-16-8-6-7-9-17(16)26-5-2/h6-9,11-12H,4-5,10,13H2,1-3H3,(H,21,25). The number of para-hydroxylation sites is 2. The molecule has 0 aliphatic carbocycles. The van der Waals surface area contributed by atoms with Crippen LogP contribution in [0.3, 0.4) is 0 Å². The molecule has 2 aromatic heterocycles. The first kappa shape index (κ1) is 20.4. The lowest BCUT2D eigenvalue weighted by molar-refractivity contribution is -0.113. The number of nitrogens with one attached hydrogen (secondary N) is 1. The van der Waals surface area contributed by atoms with E-state index in [1.807, 2.05) is 31.2 Å². The average Bonchev–Trinajstić information content (AvgIpc) is 3.28. The summed E-state index contributed by atoms with van der Waals surface area (Å²) >= 11 is 3.09. The quantitative estimate of drug-likeness (QED) is 0.505. The minimum atomic E-state index is -0.101. The summed E-state index contributed by atoms with van der Waals surface area (Å²) in [6, 6.07) is 9.56. The molecule has 0 fully saturated rings. The van der Waals surface area contributed by atoms with Crippen molar-refractivity contribution in [3.63, 3.8) is 0 Å². The number of anilines is 1. The Balaban J connectivity index is 1.69. The van der Waals surface area contributed by atoms with Crippen LogP contribution in [0.25, 0.3) is 11.4 Å². The number of hydrogen-bond acceptors (Lipinski definition) is 6. The number of carbonyl (C=O) groups is 1. The second kappa shape index (κ2) is 9.75. The first-order valence-corrected chi connectivity index (χ1v) is 11.1. The van der Waals surface area contributed by atoms with Gasteiger partial charge < -0.3 is 14.6 Å². The molecule has 0 spiro atoms. The Morgan fingerprint density at radius 3 is 2.82 bits per heavy atom. The Kier molecular flexibility index (Phi) is 7.11. The summed E-state index contributed by atoms with van der Waals surface area (Å²) in [5.74, 6) is 1.69. The zero-order valence-electron chi connectivity index (χ0n) is 16.3. The van der Waals surface area contributed by atoms with Crippen LogP contribution in [0.15, 0.2) is 40.9 Å². The van der Waals surface area contributed by atoms with Gasteiger partial charge in [-0.2, -0.15) is 0 Å². The SMILES string of the molecule is CCCn1c(SCC(=O)Nc2ccccc2OCC)nnc1-c1csc(C)c1. The third kappa shape index (κ3) is 4.94. The molecule has 3 rings (SSSR count). The number of aryl methyl sites for hydroxylation is 1. The van der Waals surface area contributed by atoms with Crippen molar-refractivity contribution in [3.8, 4) is 17.1 Å². The smallest absolute Gasteiger partial charge is 0.234 e. The normalized spacial score (nSPS) is 10.8. The molecule has 0 aliphatic heterocycles. The number of nitrogens with zero attached hydrogens (tertiary/aromatic N) is 3. The molecule has 8 heteroatoms. The second-order valence-corrected chi connectivity index (χ2v) is 8.23. The van der Waals surface area contributed by atoms with Crippen molar-refractivity contribution < 1.29 is 9.53 Å². The van der Waals surface area contributed by atoms with Crippen LogP contribution >= 0.6 is 23.1 Å². The third-order valence-electron chi connectivity index (χ3n) is 3.95. The van der Waals surface area contributed by atoms with Gasteiger partial charge in [0.05, 0.1) is 18.0 Å². The molecular formula is C20H24N4O2S2. The van der Waals surface area contributed by atoms with E-state index in [2.05, 4.69) is 45.4 Å². The lowest BCUT2D eigenvalue weighted by Crippen LogP contribution is -2.15. The molecule has 0 unspecified atom stereocenters. The Hall–Kier alpha value is -2.32. The van der Waals surface area contributed by atoms with Crippen LogP contribution < -0.4 is 10.1 Å². The minimum Gasteiger partial charge on any atom is -0.492 e. The van der Waals surface area contributed by atoms with E-state index in [9.17, 15) is 4.79 Å². The highest BCUT2D eigenvalue weighted by atomic mass is 32.2. The zero-order valence-corrected chi connectivity index (χ0v) is 17.9. The summed E-state index contributed by atoms with van der Waals surface area (Å²) in [6.45, 7) is 7.48. The molecule has 0 aliphatic rings. The molecule has 0 radical (unpaired) electrons. The van der Waals surface area contributed by atoms with Crippen LogP contribution in [0.5, 0.6) is 5.75 Å². The predicted molar refractivity (Wildman–Crippen MR) is 115 cm³/mol. The number of carbonyl (C=O) groups excluding carboxylic acids is 1. The number of aromatic nitrogens is 3. The van der Waals surface area contributed by atoms with Crippen LogP contribution in [-0.4, -0.2) is 33.0 Å². The van der Waals surface area contributed by atoms with E-state index in [0.717, 1.165) is 29.5 Å². The lowest BCUT2D eigenvalue weighted by Gasteiger charge is -2.11. The van der Waals surface area contributed by atoms with Gasteiger partial charge in [-0.1, -0.05) is 30.8 Å². The Bertz CT molecular complexity index is 936. The van der Waals surface area contributed by atoms with Crippen molar-refractivity contribution in [1.29, 1.82) is 0 Å². The minimum absolute atomic E-state index is 0.101. The maximum absolute atomic E-state index is 12.4. The molecule has 28 heavy (non-hydrogen) atoms. The van der Waals surface area contributed by atoms with Crippen molar-refractivity contribution in [2.45, 2.75) is 38.9 Å². The number of rotatable bonds is 9. The van der Waals surface area contributed by atoms with E-state index in [1.165, 1.54) is 16.6 Å². The lowest BCUT2D eigenvalue weighted by atomic mass is 10.3. The third-order valence-corrected chi connectivity index (χ3v) is 5.77. The Morgan fingerprint density at radius 1 is 1.29 bits per heavy atom. The van der Waals surface area contributed by atoms with Crippen LogP contribution in [0, 0.1) is 6.92 Å². The number of thiophene rings is 1. The second-order valence-electron chi connectivity index (χ2n) is 6.17. The molecule has 0 bridgehead atoms. The number of benzene rings is 1. The van der Waals surface area contributed by atoms with Crippen molar-refractivity contribution in [2.24, 2.45) is 0 Å². The van der Waals surface area contributed by atoms with Crippen molar-refractivity contribution in [3.05, 3.63) is 40.6 Å². The monoisotopic (exact) mass is 416 g/mol. The van der Waals surface area contributed by atoms with E-state index < -0.39 is 0 Å². The maximum Gasteiger partial charge on any atom is 0.234 e. The predicted octanol–water partition coefficient (Wildman–Crippen LogP) is 4.85. The molecule has 3 aromatic rings. The van der Waals surface area contributed by atoms with Gasteiger partial charge in [0.1, 0.15) is 5.75 Å². The van der Waals surface area contributed by atoms with E-state index in [-0.39, 0.29) is 11.7 Å². The fraction of sp³-hybridized carbons (Fsp3) is 0.350. The van der Waals surface area contributed by atoms with Gasteiger partial charge in [0.2, 0.25) is 5.91 Å². The summed E-state index contributed by atoms with van der Waals surface area (Å²) in [5.41, 5.74) is 1.75. The molecule has 1 N–H and O–H groups in total. The fourth-order valence-electron chi connectivity index (χ4n) is 2.76. The van der Waals surface area contributed by atoms with Crippen molar-refractivity contribution >= 4 is 34.7 Å². The summed E-state index contributed by atoms with van der Waals surface area (Å²) in [5, 5.41) is 14.5. The van der Waals surface area contributed by atoms with Crippen LogP contribution in [0.1, 0.15) is 25.1 Å². The zero-order chi connectivity index (χ0) is 19.9. The van der Waals surface area contributed by atoms with Crippen molar-refractivity contribution in [2.75, 3.05) is 17.7 Å². The van der Waals surface area contributed by atoms with Gasteiger partial charge in [-0.25, -0.2) is 0 Å². The molecule has 1 aromatic carbocycles. The molecular weight excluding hydrogens is 392 g/mol. The van der Waals surface area contributed by atoms with Crippen LogP contribution in [0.2, 0.25) is 0 Å². The van der Waals surface area contributed by atoms with Gasteiger partial charge in [0.25, 0.3) is 0 Å². The van der Waals surface area contributed by atoms with Gasteiger partial charge >= 0.3 is 0 Å². The van der Waals surface area contributed by atoms with Gasteiger partial charge in [-0.15, -0.1) is 21.5 Å². The summed E-state index contributed by atoms with van der Waals surface area (Å²) in [7, 11) is 0. The molecule has 0 atom stereocenters. The average molecular weight is 417 g/mol. The van der Waals surface area contributed by atoms with E-state index in [0.29, 0.717) is 18.0 Å². The number of hydrogen-bond donors (Lipinski definition) is 1. The highest BCUT2D eigenvalue weighted by molar-refractivity contribution is 7.99. The maximum atomic E-state index is 12.4. The number of amides is 1. The van der Waals surface area contributed by atoms with Gasteiger partial charge in [-0.05, 0) is 38.5 Å². The highest BCUT2D eigenvalue weighted by Gasteiger charge is 2.16. The molecule has 0 saturated heterocycles. The Labute approximate surface area is 173 Å². The highest BCUT2D eigenvalue weighted by Crippen LogP contribution is 2.28. The van der Waals surface area contributed by atoms with Crippen LogP contribution in [-0.2, 0) is 11.3 Å². The van der Waals surface area contributed by atoms with Gasteiger partial charge in [-0.3, -0.25) is 4.79 Å². The van der Waals surface area contributed by atoms with Crippen molar-refractivity contribution in [1.82, 2.24) is 14.8 Å². The van der Waals surface area contributed by atoms with Gasteiger partial charge in [0.15, 0.2) is 11.0 Å². The molecule has 6 nitrogen and oxygen atoms in total. The number of thioether (sulfide) groups is 1. The summed E-state index contributed by atoms with van der Waals surface area (Å²) < 4.78 is 7.65. The van der Waals surface area contributed by atoms with E-state index >= 15 is 0 Å². The van der Waals surface area contributed by atoms with E-state index in [1.54, 1.807) is 11.3 Å². The molecule has 0 saturated carbocycles.